The van der Waals surface area contributed by atoms with Crippen LogP contribution in [0.1, 0.15) is 17.0 Å². The first kappa shape index (κ1) is 27.6. The molecule has 5 N–H and O–H groups in total. The van der Waals surface area contributed by atoms with Gasteiger partial charge in [-0.15, -0.1) is 0 Å². The third-order valence-corrected chi connectivity index (χ3v) is 7.48. The van der Waals surface area contributed by atoms with Gasteiger partial charge < -0.3 is 25.0 Å². The minimum Gasteiger partial charge on any atom is -0.486 e. The Morgan fingerprint density at radius 1 is 1.13 bits per heavy atom. The maximum Gasteiger partial charge on any atom is 0.323 e. The average Bonchev–Trinajstić information content (AvgIpc) is 3.22. The summed E-state index contributed by atoms with van der Waals surface area (Å²) in [6.07, 6.45) is 0.573. The summed E-state index contributed by atoms with van der Waals surface area (Å²) in [6, 6.07) is 18.3. The number of fused-ring (bicyclic) bond motifs is 1. The van der Waals surface area contributed by atoms with Crippen molar-refractivity contribution < 1.29 is 23.1 Å². The van der Waals surface area contributed by atoms with E-state index in [0.717, 1.165) is 0 Å². The number of hydrogen-bond acceptors (Lipinski definition) is 7. The van der Waals surface area contributed by atoms with Crippen molar-refractivity contribution in [3.63, 3.8) is 0 Å². The number of sulfonamides is 1. The Kier molecular flexibility index (Phi) is 8.17. The normalized spacial score (nSPS) is 11.6. The standard InChI is InChI=1S/C27H30N6O5S/c1-32(2)14-13-18-5-3-4-6-24(18)39(36,37)31-20-9-12-23-22(15-20)30-25(33(23)16-26(34)35)17-38-21-10-7-19(8-11-21)27(28)29/h3-12,15,31H,13-14,16-17H2,1-2H3,(H3,28,29)(H,34,35). The molecule has 3 aromatic carbocycles. The van der Waals surface area contributed by atoms with Crippen molar-refractivity contribution >= 4 is 38.5 Å². The molecule has 204 valence electrons. The van der Waals surface area contributed by atoms with Gasteiger partial charge in [-0.2, -0.15) is 0 Å². The van der Waals surface area contributed by atoms with Gasteiger partial charge in [0.25, 0.3) is 10.0 Å². The molecule has 0 radical (unpaired) electrons. The molecule has 11 nitrogen and oxygen atoms in total. The molecule has 0 atom stereocenters. The van der Waals surface area contributed by atoms with Crippen LogP contribution in [0.3, 0.4) is 0 Å². The van der Waals surface area contributed by atoms with E-state index in [9.17, 15) is 18.3 Å². The second-order valence-electron chi connectivity index (χ2n) is 9.20. The molecular formula is C27H30N6O5S. The van der Waals surface area contributed by atoms with Crippen LogP contribution >= 0.6 is 0 Å². The third-order valence-electron chi connectivity index (χ3n) is 6.00. The number of carbonyl (C=O) groups is 1. The minimum absolute atomic E-state index is 0.0261. The second kappa shape index (κ2) is 11.5. The molecule has 0 spiro atoms. The first-order valence-electron chi connectivity index (χ1n) is 12.1. The Morgan fingerprint density at radius 2 is 1.85 bits per heavy atom. The van der Waals surface area contributed by atoms with E-state index in [4.69, 9.17) is 15.9 Å². The Bertz CT molecular complexity index is 1610. The van der Waals surface area contributed by atoms with E-state index < -0.39 is 16.0 Å². The third kappa shape index (κ3) is 6.72. The number of imidazole rings is 1. The molecule has 0 unspecified atom stereocenters. The fraction of sp³-hybridized carbons (Fsp3) is 0.222. The lowest BCUT2D eigenvalue weighted by Gasteiger charge is -2.14. The van der Waals surface area contributed by atoms with Gasteiger partial charge in [-0.1, -0.05) is 18.2 Å². The van der Waals surface area contributed by atoms with Crippen LogP contribution in [-0.4, -0.2) is 60.4 Å². The summed E-state index contributed by atoms with van der Waals surface area (Å²) >= 11 is 0. The Balaban J connectivity index is 1.60. The van der Waals surface area contributed by atoms with Gasteiger partial charge in [0.05, 0.1) is 21.6 Å². The smallest absolute Gasteiger partial charge is 0.323 e. The molecule has 0 fully saturated rings. The van der Waals surface area contributed by atoms with Crippen molar-refractivity contribution in [2.45, 2.75) is 24.5 Å². The van der Waals surface area contributed by atoms with Gasteiger partial charge in [0.15, 0.2) is 0 Å². The van der Waals surface area contributed by atoms with Crippen LogP contribution in [-0.2, 0) is 34.4 Å². The van der Waals surface area contributed by atoms with Crippen LogP contribution in [0.15, 0.2) is 71.6 Å². The van der Waals surface area contributed by atoms with Crippen molar-refractivity contribution in [2.24, 2.45) is 5.73 Å². The van der Waals surface area contributed by atoms with Crippen LogP contribution in [0.5, 0.6) is 5.75 Å². The summed E-state index contributed by atoms with van der Waals surface area (Å²) in [4.78, 5) is 18.3. The van der Waals surface area contributed by atoms with Gasteiger partial charge in [0, 0.05) is 12.1 Å². The molecule has 4 aromatic rings. The summed E-state index contributed by atoms with van der Waals surface area (Å²) in [5.41, 5.74) is 7.99. The molecule has 12 heteroatoms. The summed E-state index contributed by atoms with van der Waals surface area (Å²) < 4.78 is 36.5. The van der Waals surface area contributed by atoms with Gasteiger partial charge in [-0.3, -0.25) is 14.9 Å². The summed E-state index contributed by atoms with van der Waals surface area (Å²) in [5, 5.41) is 16.9. The number of benzene rings is 3. The maximum absolute atomic E-state index is 13.3. The molecular weight excluding hydrogens is 520 g/mol. The number of nitrogens with two attached hydrogens (primary N) is 1. The Morgan fingerprint density at radius 3 is 2.51 bits per heavy atom. The van der Waals surface area contributed by atoms with E-state index in [1.807, 2.05) is 25.1 Å². The number of ether oxygens (including phenoxy) is 1. The van der Waals surface area contributed by atoms with Crippen LogP contribution in [0, 0.1) is 5.41 Å². The lowest BCUT2D eigenvalue weighted by molar-refractivity contribution is -0.137. The quantitative estimate of drug-likeness (QED) is 0.154. The van der Waals surface area contributed by atoms with Crippen LogP contribution in [0.2, 0.25) is 0 Å². The van der Waals surface area contributed by atoms with E-state index in [-0.39, 0.29) is 23.9 Å². The molecule has 0 bridgehead atoms. The van der Waals surface area contributed by atoms with E-state index in [0.29, 0.717) is 52.4 Å². The summed E-state index contributed by atoms with van der Waals surface area (Å²) in [7, 11) is -0.0284. The number of amidine groups is 1. The molecule has 39 heavy (non-hydrogen) atoms. The van der Waals surface area contributed by atoms with Gasteiger partial charge in [0.1, 0.15) is 30.6 Å². The molecule has 0 aliphatic rings. The van der Waals surface area contributed by atoms with Crippen molar-refractivity contribution in [2.75, 3.05) is 25.4 Å². The number of nitrogens with one attached hydrogen (secondary N) is 2. The lowest BCUT2D eigenvalue weighted by Crippen LogP contribution is -2.19. The van der Waals surface area contributed by atoms with Crippen molar-refractivity contribution in [1.82, 2.24) is 14.5 Å². The molecule has 4 rings (SSSR count). The molecule has 0 amide bonds. The lowest BCUT2D eigenvalue weighted by atomic mass is 10.1. The number of nitrogens with zero attached hydrogens (tertiary/aromatic N) is 3. The molecule has 0 saturated heterocycles. The first-order chi connectivity index (χ1) is 18.5. The van der Waals surface area contributed by atoms with Crippen LogP contribution in [0.4, 0.5) is 5.69 Å². The van der Waals surface area contributed by atoms with E-state index in [2.05, 4.69) is 9.71 Å². The molecule has 0 aliphatic heterocycles. The SMILES string of the molecule is CN(C)CCc1ccccc1S(=O)(=O)Nc1ccc2c(c1)nc(COc1ccc(C(=N)N)cc1)n2CC(=O)O. The van der Waals surface area contributed by atoms with Crippen molar-refractivity contribution in [1.29, 1.82) is 5.41 Å². The summed E-state index contributed by atoms with van der Waals surface area (Å²) in [5.74, 6) is -0.263. The second-order valence-corrected chi connectivity index (χ2v) is 10.9. The molecule has 1 aromatic heterocycles. The fourth-order valence-corrected chi connectivity index (χ4v) is 5.39. The topological polar surface area (TPSA) is 164 Å². The largest absolute Gasteiger partial charge is 0.486 e. The van der Waals surface area contributed by atoms with Gasteiger partial charge >= 0.3 is 5.97 Å². The number of likely N-dealkylation sites (N-methyl/N-ethyl adjacent to an activating group) is 1. The molecule has 1 heterocycles. The van der Waals surface area contributed by atoms with Crippen LogP contribution < -0.4 is 15.2 Å². The fourth-order valence-electron chi connectivity index (χ4n) is 4.07. The predicted octanol–water partition coefficient (Wildman–Crippen LogP) is 2.89. The Labute approximate surface area is 226 Å². The highest BCUT2D eigenvalue weighted by Gasteiger charge is 2.20. The highest BCUT2D eigenvalue weighted by Crippen LogP contribution is 2.25. The number of carboxylic acids is 1. The maximum atomic E-state index is 13.3. The van der Waals surface area contributed by atoms with Crippen molar-refractivity contribution in [3.8, 4) is 5.75 Å². The van der Waals surface area contributed by atoms with Crippen molar-refractivity contribution in [3.05, 3.63) is 83.7 Å². The van der Waals surface area contributed by atoms with Crippen LogP contribution in [0.25, 0.3) is 11.0 Å². The molecule has 0 aliphatic carbocycles. The summed E-state index contributed by atoms with van der Waals surface area (Å²) in [6.45, 7) is 0.329. The monoisotopic (exact) mass is 550 g/mol. The van der Waals surface area contributed by atoms with Gasteiger partial charge in [0.2, 0.25) is 0 Å². The number of aromatic nitrogens is 2. The first-order valence-corrected chi connectivity index (χ1v) is 13.6. The van der Waals surface area contributed by atoms with E-state index in [1.54, 1.807) is 60.7 Å². The molecule has 0 saturated carbocycles. The number of rotatable bonds is 12. The Hall–Kier alpha value is -4.42. The minimum atomic E-state index is -3.88. The number of nitrogen functional groups attached to an aromatic ring is 1. The van der Waals surface area contributed by atoms with E-state index in [1.165, 1.54) is 4.57 Å². The van der Waals surface area contributed by atoms with Gasteiger partial charge in [-0.05, 0) is 74.6 Å². The zero-order chi connectivity index (χ0) is 28.2. The zero-order valence-electron chi connectivity index (χ0n) is 21.6. The highest BCUT2D eigenvalue weighted by molar-refractivity contribution is 7.92. The number of aliphatic carboxylic acids is 1. The average molecular weight is 551 g/mol. The van der Waals surface area contributed by atoms with E-state index >= 15 is 0 Å². The highest BCUT2D eigenvalue weighted by atomic mass is 32.2. The van der Waals surface area contributed by atoms with Gasteiger partial charge in [-0.25, -0.2) is 13.4 Å². The zero-order valence-corrected chi connectivity index (χ0v) is 22.4. The number of anilines is 1. The predicted molar refractivity (Wildman–Crippen MR) is 149 cm³/mol. The number of hydrogen-bond donors (Lipinski definition) is 4. The number of carboxylic acid groups (broad SMARTS) is 1.